The van der Waals surface area contributed by atoms with Gasteiger partial charge in [-0.05, 0) is 42.7 Å². The summed E-state index contributed by atoms with van der Waals surface area (Å²) in [6.07, 6.45) is 1.88. The third-order valence-corrected chi connectivity index (χ3v) is 5.12. The molecule has 1 aliphatic heterocycles. The minimum absolute atomic E-state index is 0.0322. The highest BCUT2D eigenvalue weighted by Gasteiger charge is 2.32. The van der Waals surface area contributed by atoms with Crippen LogP contribution in [0.3, 0.4) is 0 Å². The first-order valence-corrected chi connectivity index (χ1v) is 9.26. The molecule has 0 spiro atoms. The molecule has 144 valence electrons. The molecule has 1 atom stereocenters. The topological polar surface area (TPSA) is 64.8 Å². The number of methoxy groups -OCH3 is 2. The first-order chi connectivity index (χ1) is 13.7. The Morgan fingerprint density at radius 1 is 1.11 bits per heavy atom. The zero-order valence-corrected chi connectivity index (χ0v) is 15.9. The van der Waals surface area contributed by atoms with Crippen molar-refractivity contribution in [1.82, 2.24) is 10.1 Å². The van der Waals surface area contributed by atoms with E-state index in [-0.39, 0.29) is 11.9 Å². The molecule has 4 rings (SSSR count). The molecular formula is C22H22N2O4. The Kier molecular flexibility index (Phi) is 5.02. The van der Waals surface area contributed by atoms with Gasteiger partial charge in [-0.3, -0.25) is 4.79 Å². The number of aromatic nitrogens is 1. The Bertz CT molecular complexity index is 965. The van der Waals surface area contributed by atoms with Gasteiger partial charge in [-0.15, -0.1) is 0 Å². The van der Waals surface area contributed by atoms with E-state index < -0.39 is 0 Å². The Morgan fingerprint density at radius 3 is 2.64 bits per heavy atom. The third-order valence-electron chi connectivity index (χ3n) is 5.12. The maximum atomic E-state index is 13.1. The van der Waals surface area contributed by atoms with Gasteiger partial charge in [-0.1, -0.05) is 29.4 Å². The van der Waals surface area contributed by atoms with Crippen LogP contribution in [-0.4, -0.2) is 36.7 Å². The molecule has 3 aromatic rings. The number of carbonyl (C=O) groups is 1. The predicted molar refractivity (Wildman–Crippen MR) is 104 cm³/mol. The number of carbonyl (C=O) groups excluding carboxylic acids is 1. The summed E-state index contributed by atoms with van der Waals surface area (Å²) in [4.78, 5) is 15.0. The van der Waals surface area contributed by atoms with Gasteiger partial charge in [0.1, 0.15) is 11.5 Å². The van der Waals surface area contributed by atoms with Crippen molar-refractivity contribution in [3.8, 4) is 22.8 Å². The van der Waals surface area contributed by atoms with Crippen molar-refractivity contribution < 1.29 is 18.8 Å². The molecule has 1 amide bonds. The summed E-state index contributed by atoms with van der Waals surface area (Å²) in [5.41, 5.74) is 2.17. The minimum atomic E-state index is -0.122. The molecule has 0 N–H and O–H groups in total. The molecule has 1 aromatic heterocycles. The maximum absolute atomic E-state index is 13.1. The van der Waals surface area contributed by atoms with Crippen LogP contribution in [0.25, 0.3) is 11.3 Å². The third kappa shape index (κ3) is 3.33. The van der Waals surface area contributed by atoms with E-state index in [1.807, 2.05) is 53.4 Å². The summed E-state index contributed by atoms with van der Waals surface area (Å²) in [7, 11) is 3.25. The van der Waals surface area contributed by atoms with Crippen LogP contribution in [0.4, 0.5) is 0 Å². The largest absolute Gasteiger partial charge is 0.497 e. The van der Waals surface area contributed by atoms with Gasteiger partial charge < -0.3 is 18.9 Å². The minimum Gasteiger partial charge on any atom is -0.497 e. The molecule has 28 heavy (non-hydrogen) atoms. The van der Waals surface area contributed by atoms with E-state index in [1.54, 1.807) is 20.3 Å². The van der Waals surface area contributed by atoms with E-state index in [0.717, 1.165) is 29.7 Å². The zero-order chi connectivity index (χ0) is 19.5. The highest BCUT2D eigenvalue weighted by molar-refractivity contribution is 5.93. The molecule has 1 saturated heterocycles. The molecule has 1 aliphatic rings. The average Bonchev–Trinajstić information content (AvgIpc) is 3.43. The number of benzene rings is 2. The van der Waals surface area contributed by atoms with Crippen molar-refractivity contribution in [3.63, 3.8) is 0 Å². The Hall–Kier alpha value is -3.28. The van der Waals surface area contributed by atoms with Crippen molar-refractivity contribution >= 4 is 5.91 Å². The summed E-state index contributed by atoms with van der Waals surface area (Å²) in [6.45, 7) is 0.701. The molecule has 0 unspecified atom stereocenters. The fraction of sp³-hybridized carbons (Fsp3) is 0.273. The summed E-state index contributed by atoms with van der Waals surface area (Å²) in [5, 5.41) is 4.03. The number of amides is 1. The lowest BCUT2D eigenvalue weighted by Crippen LogP contribution is -2.30. The molecule has 1 fully saturated rings. The van der Waals surface area contributed by atoms with Crippen LogP contribution < -0.4 is 9.47 Å². The Morgan fingerprint density at radius 2 is 1.89 bits per heavy atom. The van der Waals surface area contributed by atoms with Gasteiger partial charge in [-0.2, -0.15) is 0 Å². The van der Waals surface area contributed by atoms with Gasteiger partial charge in [-0.25, -0.2) is 0 Å². The van der Waals surface area contributed by atoms with Crippen molar-refractivity contribution in [2.24, 2.45) is 0 Å². The van der Waals surface area contributed by atoms with Crippen LogP contribution in [-0.2, 0) is 0 Å². The lowest BCUT2D eigenvalue weighted by molar-refractivity contribution is 0.0725. The lowest BCUT2D eigenvalue weighted by atomic mass is 10.0. The second kappa shape index (κ2) is 7.76. The van der Waals surface area contributed by atoms with Crippen molar-refractivity contribution in [1.29, 1.82) is 0 Å². The molecule has 0 bridgehead atoms. The Balaban J connectivity index is 1.58. The van der Waals surface area contributed by atoms with Gasteiger partial charge in [0.2, 0.25) is 0 Å². The van der Waals surface area contributed by atoms with Crippen LogP contribution in [0.1, 0.15) is 34.9 Å². The number of hydrogen-bond acceptors (Lipinski definition) is 5. The summed E-state index contributed by atoms with van der Waals surface area (Å²) in [5.74, 6) is 1.87. The molecular weight excluding hydrogens is 356 g/mol. The van der Waals surface area contributed by atoms with E-state index in [2.05, 4.69) is 5.16 Å². The normalized spacial score (nSPS) is 16.2. The lowest BCUT2D eigenvalue weighted by Gasteiger charge is -2.24. The number of hydrogen-bond donors (Lipinski definition) is 0. The number of likely N-dealkylation sites (tertiary alicyclic amines) is 1. The van der Waals surface area contributed by atoms with E-state index in [4.69, 9.17) is 14.0 Å². The van der Waals surface area contributed by atoms with Crippen molar-refractivity contribution in [2.75, 3.05) is 20.8 Å². The van der Waals surface area contributed by atoms with Crippen LogP contribution in [0.15, 0.2) is 59.1 Å². The highest BCUT2D eigenvalue weighted by Crippen LogP contribution is 2.35. The van der Waals surface area contributed by atoms with Crippen LogP contribution in [0, 0.1) is 0 Å². The van der Waals surface area contributed by atoms with Crippen LogP contribution >= 0.6 is 0 Å². The van der Waals surface area contributed by atoms with Gasteiger partial charge in [0.25, 0.3) is 5.91 Å². The summed E-state index contributed by atoms with van der Waals surface area (Å²) < 4.78 is 16.0. The molecule has 0 aliphatic carbocycles. The highest BCUT2D eigenvalue weighted by atomic mass is 16.5. The monoisotopic (exact) mass is 378 g/mol. The molecule has 0 radical (unpaired) electrons. The zero-order valence-electron chi connectivity index (χ0n) is 15.9. The first kappa shape index (κ1) is 18.1. The number of nitrogens with zero attached hydrogens (tertiary/aromatic N) is 2. The van der Waals surface area contributed by atoms with E-state index >= 15 is 0 Å². The van der Waals surface area contributed by atoms with Gasteiger partial charge in [0, 0.05) is 12.6 Å². The summed E-state index contributed by atoms with van der Waals surface area (Å²) in [6, 6.07) is 17.1. The molecule has 6 nitrogen and oxygen atoms in total. The van der Waals surface area contributed by atoms with E-state index in [1.165, 1.54) is 0 Å². The number of ether oxygens (including phenoxy) is 2. The molecule has 6 heteroatoms. The van der Waals surface area contributed by atoms with E-state index in [0.29, 0.717) is 23.7 Å². The van der Waals surface area contributed by atoms with Gasteiger partial charge in [0.05, 0.1) is 25.8 Å². The summed E-state index contributed by atoms with van der Waals surface area (Å²) >= 11 is 0. The molecule has 2 heterocycles. The van der Waals surface area contributed by atoms with Crippen molar-refractivity contribution in [2.45, 2.75) is 18.9 Å². The molecule has 2 aromatic carbocycles. The van der Waals surface area contributed by atoms with E-state index in [9.17, 15) is 4.79 Å². The fourth-order valence-corrected chi connectivity index (χ4v) is 3.68. The fourth-order valence-electron chi connectivity index (χ4n) is 3.68. The van der Waals surface area contributed by atoms with Crippen molar-refractivity contribution in [3.05, 3.63) is 65.9 Å². The molecule has 0 saturated carbocycles. The second-order valence-electron chi connectivity index (χ2n) is 6.71. The number of rotatable bonds is 5. The van der Waals surface area contributed by atoms with Crippen LogP contribution in [0.5, 0.6) is 11.5 Å². The average molecular weight is 378 g/mol. The standard InChI is InChI=1S/C22H22N2O4/c1-26-16-11-9-15(10-12-16)19-7-5-13-24(19)22(25)18-14-21(28-23-18)17-6-3-4-8-20(17)27-2/h3-4,6,8-12,14,19H,5,7,13H2,1-2H3/t19-/m1/s1. The Labute approximate surface area is 163 Å². The second-order valence-corrected chi connectivity index (χ2v) is 6.71. The van der Waals surface area contributed by atoms with Gasteiger partial charge >= 0.3 is 0 Å². The SMILES string of the molecule is COc1ccc([C@H]2CCCN2C(=O)c2cc(-c3ccccc3OC)on2)cc1. The predicted octanol–water partition coefficient (Wildman–Crippen LogP) is 4.34. The smallest absolute Gasteiger partial charge is 0.276 e. The quantitative estimate of drug-likeness (QED) is 0.661. The number of para-hydroxylation sites is 1. The van der Waals surface area contributed by atoms with Gasteiger partial charge in [0.15, 0.2) is 11.5 Å². The first-order valence-electron chi connectivity index (χ1n) is 9.26. The van der Waals surface area contributed by atoms with Crippen LogP contribution in [0.2, 0.25) is 0 Å². The maximum Gasteiger partial charge on any atom is 0.276 e.